The van der Waals surface area contributed by atoms with Gasteiger partial charge in [0, 0.05) is 14.1 Å². The first-order valence-electron chi connectivity index (χ1n) is 4.06. The van der Waals surface area contributed by atoms with Crippen molar-refractivity contribution in [1.82, 2.24) is 19.9 Å². The summed E-state index contributed by atoms with van der Waals surface area (Å²) >= 11 is 0. The van der Waals surface area contributed by atoms with Gasteiger partial charge in [-0.1, -0.05) is 0 Å². The van der Waals surface area contributed by atoms with E-state index in [-0.39, 0.29) is 5.56 Å². The van der Waals surface area contributed by atoms with Gasteiger partial charge in [0.15, 0.2) is 5.65 Å². The summed E-state index contributed by atoms with van der Waals surface area (Å²) in [4.78, 5) is 27.4. The molecule has 1 N–H and O–H groups in total. The molecule has 0 aromatic carbocycles. The minimum atomic E-state index is -0.263. The molecular weight excluding hydrogens is 182 g/mol. The summed E-state index contributed by atoms with van der Waals surface area (Å²) in [5, 5.41) is 0. The van der Waals surface area contributed by atoms with Gasteiger partial charge in [0.1, 0.15) is 5.52 Å². The molecule has 0 aliphatic carbocycles. The molecule has 0 amide bonds. The zero-order valence-corrected chi connectivity index (χ0v) is 7.85. The van der Waals surface area contributed by atoms with Crippen molar-refractivity contribution in [2.45, 2.75) is 0 Å². The minimum Gasteiger partial charge on any atom is -0.347 e. The van der Waals surface area contributed by atoms with Crippen molar-refractivity contribution in [1.29, 1.82) is 0 Å². The number of anilines is 1. The SMILES string of the molecule is CN(C)c1ncc2ncc(=O)[nH]c2n1. The first-order valence-corrected chi connectivity index (χ1v) is 4.06. The molecule has 0 saturated carbocycles. The van der Waals surface area contributed by atoms with E-state index in [1.54, 1.807) is 11.1 Å². The van der Waals surface area contributed by atoms with Crippen molar-refractivity contribution in [2.75, 3.05) is 19.0 Å². The van der Waals surface area contributed by atoms with Crippen LogP contribution in [0.15, 0.2) is 17.2 Å². The molecule has 0 saturated heterocycles. The normalized spacial score (nSPS) is 10.4. The first kappa shape index (κ1) is 8.61. The molecule has 0 aliphatic heterocycles. The van der Waals surface area contributed by atoms with Gasteiger partial charge in [-0.05, 0) is 0 Å². The molecule has 14 heavy (non-hydrogen) atoms. The third kappa shape index (κ3) is 1.41. The molecule has 6 heteroatoms. The maximum Gasteiger partial charge on any atom is 0.268 e. The Balaban J connectivity index is 2.69. The van der Waals surface area contributed by atoms with E-state index in [1.165, 1.54) is 6.20 Å². The van der Waals surface area contributed by atoms with E-state index in [4.69, 9.17) is 0 Å². The number of hydrogen-bond acceptors (Lipinski definition) is 5. The largest absolute Gasteiger partial charge is 0.347 e. The Morgan fingerprint density at radius 1 is 1.29 bits per heavy atom. The standard InChI is InChI=1S/C8H9N5O/c1-13(2)8-10-3-5-7(12-8)11-6(14)4-9-5/h3-4H,1-2H3,(H,10,11,12,14). The van der Waals surface area contributed by atoms with Gasteiger partial charge in [0.05, 0.1) is 12.4 Å². The van der Waals surface area contributed by atoms with E-state index in [1.807, 2.05) is 14.1 Å². The van der Waals surface area contributed by atoms with Crippen LogP contribution in [-0.2, 0) is 0 Å². The van der Waals surface area contributed by atoms with E-state index in [9.17, 15) is 4.79 Å². The fourth-order valence-corrected chi connectivity index (χ4v) is 1.05. The summed E-state index contributed by atoms with van der Waals surface area (Å²) < 4.78 is 0. The fourth-order valence-electron chi connectivity index (χ4n) is 1.05. The van der Waals surface area contributed by atoms with Gasteiger partial charge in [-0.2, -0.15) is 4.98 Å². The lowest BCUT2D eigenvalue weighted by Gasteiger charge is -2.08. The van der Waals surface area contributed by atoms with E-state index in [0.29, 0.717) is 17.1 Å². The average molecular weight is 191 g/mol. The summed E-state index contributed by atoms with van der Waals surface area (Å²) in [6.07, 6.45) is 2.79. The molecular formula is C8H9N5O. The molecule has 0 unspecified atom stereocenters. The lowest BCUT2D eigenvalue weighted by molar-refractivity contribution is 0.999. The zero-order chi connectivity index (χ0) is 10.1. The van der Waals surface area contributed by atoms with Crippen LogP contribution in [0.5, 0.6) is 0 Å². The second kappa shape index (κ2) is 3.06. The molecule has 0 fully saturated rings. The number of aromatic amines is 1. The van der Waals surface area contributed by atoms with Crippen molar-refractivity contribution in [3.05, 3.63) is 22.7 Å². The predicted octanol–water partition coefficient (Wildman–Crippen LogP) is -0.221. The molecule has 0 spiro atoms. The number of aromatic nitrogens is 4. The Kier molecular flexibility index (Phi) is 1.88. The minimum absolute atomic E-state index is 0.263. The molecule has 0 aliphatic rings. The van der Waals surface area contributed by atoms with Crippen molar-refractivity contribution in [3.8, 4) is 0 Å². The van der Waals surface area contributed by atoms with Crippen LogP contribution in [0.2, 0.25) is 0 Å². The summed E-state index contributed by atoms with van der Waals surface area (Å²) in [5.41, 5.74) is 0.771. The Bertz CT molecular complexity index is 518. The van der Waals surface area contributed by atoms with Crippen LogP contribution in [0.1, 0.15) is 0 Å². The van der Waals surface area contributed by atoms with Gasteiger partial charge in [-0.15, -0.1) is 0 Å². The molecule has 72 valence electrons. The number of nitrogens with zero attached hydrogens (tertiary/aromatic N) is 4. The highest BCUT2D eigenvalue weighted by Crippen LogP contribution is 2.06. The molecule has 0 bridgehead atoms. The number of fused-ring (bicyclic) bond motifs is 1. The third-order valence-corrected chi connectivity index (χ3v) is 1.72. The second-order valence-electron chi connectivity index (χ2n) is 3.05. The Labute approximate surface area is 79.6 Å². The highest BCUT2D eigenvalue weighted by molar-refractivity contribution is 5.69. The maximum atomic E-state index is 11.0. The fraction of sp³-hybridized carbons (Fsp3) is 0.250. The van der Waals surface area contributed by atoms with Gasteiger partial charge in [-0.25, -0.2) is 9.97 Å². The van der Waals surface area contributed by atoms with Crippen LogP contribution in [0.4, 0.5) is 5.95 Å². The number of H-pyrrole nitrogens is 1. The number of nitrogens with one attached hydrogen (secondary N) is 1. The smallest absolute Gasteiger partial charge is 0.268 e. The Hall–Kier alpha value is -1.98. The summed E-state index contributed by atoms with van der Waals surface area (Å²) in [5.74, 6) is 0.543. The zero-order valence-electron chi connectivity index (χ0n) is 7.85. The highest BCUT2D eigenvalue weighted by Gasteiger charge is 2.02. The van der Waals surface area contributed by atoms with Gasteiger partial charge in [0.25, 0.3) is 5.56 Å². The van der Waals surface area contributed by atoms with E-state index in [2.05, 4.69) is 19.9 Å². The van der Waals surface area contributed by atoms with Gasteiger partial charge in [-0.3, -0.25) is 4.79 Å². The van der Waals surface area contributed by atoms with E-state index >= 15 is 0 Å². The van der Waals surface area contributed by atoms with Crippen molar-refractivity contribution in [3.63, 3.8) is 0 Å². The topological polar surface area (TPSA) is 74.8 Å². The molecule has 0 atom stereocenters. The van der Waals surface area contributed by atoms with Crippen LogP contribution >= 0.6 is 0 Å². The molecule has 6 nitrogen and oxygen atoms in total. The molecule has 2 aromatic heterocycles. The van der Waals surface area contributed by atoms with Gasteiger partial charge < -0.3 is 9.88 Å². The molecule has 2 aromatic rings. The van der Waals surface area contributed by atoms with Gasteiger partial charge >= 0.3 is 0 Å². The van der Waals surface area contributed by atoms with E-state index < -0.39 is 0 Å². The lowest BCUT2D eigenvalue weighted by atomic mass is 10.5. The lowest BCUT2D eigenvalue weighted by Crippen LogP contribution is -2.14. The second-order valence-corrected chi connectivity index (χ2v) is 3.05. The number of rotatable bonds is 1. The number of hydrogen-bond donors (Lipinski definition) is 1. The van der Waals surface area contributed by atoms with Crippen molar-refractivity contribution < 1.29 is 0 Å². The van der Waals surface area contributed by atoms with Crippen LogP contribution in [0.25, 0.3) is 11.2 Å². The van der Waals surface area contributed by atoms with Crippen molar-refractivity contribution in [2.24, 2.45) is 0 Å². The summed E-state index contributed by atoms with van der Waals surface area (Å²) in [6, 6.07) is 0. The quantitative estimate of drug-likeness (QED) is 0.674. The molecule has 0 radical (unpaired) electrons. The molecule has 2 heterocycles. The third-order valence-electron chi connectivity index (χ3n) is 1.72. The maximum absolute atomic E-state index is 11.0. The van der Waals surface area contributed by atoms with Crippen LogP contribution in [0, 0.1) is 0 Å². The highest BCUT2D eigenvalue weighted by atomic mass is 16.1. The predicted molar refractivity (Wildman–Crippen MR) is 52.3 cm³/mol. The van der Waals surface area contributed by atoms with Crippen molar-refractivity contribution >= 4 is 17.1 Å². The van der Waals surface area contributed by atoms with E-state index in [0.717, 1.165) is 0 Å². The monoisotopic (exact) mass is 191 g/mol. The Morgan fingerprint density at radius 3 is 2.79 bits per heavy atom. The van der Waals surface area contributed by atoms with Crippen LogP contribution < -0.4 is 10.5 Å². The Morgan fingerprint density at radius 2 is 2.07 bits per heavy atom. The molecule has 2 rings (SSSR count). The summed E-state index contributed by atoms with van der Waals surface area (Å²) in [7, 11) is 3.66. The van der Waals surface area contributed by atoms with Crippen LogP contribution in [0.3, 0.4) is 0 Å². The average Bonchev–Trinajstić information content (AvgIpc) is 2.16. The van der Waals surface area contributed by atoms with Crippen LogP contribution in [-0.4, -0.2) is 34.0 Å². The first-order chi connectivity index (χ1) is 6.66. The summed E-state index contributed by atoms with van der Waals surface area (Å²) in [6.45, 7) is 0. The van der Waals surface area contributed by atoms with Gasteiger partial charge in [0.2, 0.25) is 5.95 Å².